The van der Waals surface area contributed by atoms with Gasteiger partial charge in [-0.25, -0.2) is 0 Å². The molecule has 96 valence electrons. The van der Waals surface area contributed by atoms with Crippen LogP contribution in [-0.2, 0) is 0 Å². The first kappa shape index (κ1) is 14.0. The third-order valence-corrected chi connectivity index (χ3v) is 3.80. The molecule has 1 aliphatic rings. The second kappa shape index (κ2) is 8.08. The molecule has 1 atom stereocenters. The van der Waals surface area contributed by atoms with Gasteiger partial charge >= 0.3 is 0 Å². The van der Waals surface area contributed by atoms with Crippen LogP contribution in [0.4, 0.5) is 0 Å². The summed E-state index contributed by atoms with van der Waals surface area (Å²) >= 11 is 0. The maximum absolute atomic E-state index is 6.37. The molecule has 2 nitrogen and oxygen atoms in total. The van der Waals surface area contributed by atoms with Gasteiger partial charge < -0.3 is 10.6 Å². The van der Waals surface area contributed by atoms with Crippen LogP contribution in [0.25, 0.3) is 0 Å². The number of nitrogens with two attached hydrogens (primary N) is 1. The van der Waals surface area contributed by atoms with Crippen molar-refractivity contribution in [3.8, 4) is 0 Å². The lowest BCUT2D eigenvalue weighted by Gasteiger charge is -2.32. The Labute approximate surface area is 102 Å². The van der Waals surface area contributed by atoms with E-state index in [1.807, 2.05) is 0 Å². The van der Waals surface area contributed by atoms with Gasteiger partial charge in [0.2, 0.25) is 0 Å². The fraction of sp³-hybridized carbons (Fsp3) is 1.00. The molecule has 0 aromatic carbocycles. The molecule has 1 rings (SSSR count). The smallest absolute Gasteiger partial charge is 0.0196 e. The summed E-state index contributed by atoms with van der Waals surface area (Å²) in [6.07, 6.45) is 9.46. The van der Waals surface area contributed by atoms with Crippen LogP contribution >= 0.6 is 0 Å². The van der Waals surface area contributed by atoms with Crippen molar-refractivity contribution in [2.45, 2.75) is 64.8 Å². The Morgan fingerprint density at radius 2 is 1.62 bits per heavy atom. The van der Waals surface area contributed by atoms with Gasteiger partial charge in [-0.05, 0) is 44.7 Å². The van der Waals surface area contributed by atoms with Crippen molar-refractivity contribution in [2.24, 2.45) is 11.7 Å². The molecular weight excluding hydrogens is 196 g/mol. The van der Waals surface area contributed by atoms with Gasteiger partial charge in [0.1, 0.15) is 0 Å². The average molecular weight is 226 g/mol. The molecule has 1 unspecified atom stereocenters. The highest BCUT2D eigenvalue weighted by Crippen LogP contribution is 2.25. The maximum Gasteiger partial charge on any atom is 0.0196 e. The van der Waals surface area contributed by atoms with Gasteiger partial charge in [-0.1, -0.05) is 33.1 Å². The Bertz CT molecular complexity index is 158. The Morgan fingerprint density at radius 1 is 1.06 bits per heavy atom. The Morgan fingerprint density at radius 3 is 2.12 bits per heavy atom. The van der Waals surface area contributed by atoms with Gasteiger partial charge in [-0.15, -0.1) is 0 Å². The van der Waals surface area contributed by atoms with Crippen LogP contribution in [-0.4, -0.2) is 30.6 Å². The molecule has 16 heavy (non-hydrogen) atoms. The maximum atomic E-state index is 6.37. The van der Waals surface area contributed by atoms with Crippen molar-refractivity contribution in [3.05, 3.63) is 0 Å². The largest absolute Gasteiger partial charge is 0.326 e. The highest BCUT2D eigenvalue weighted by molar-refractivity contribution is 4.79. The van der Waals surface area contributed by atoms with Crippen LogP contribution in [0.3, 0.4) is 0 Å². The molecule has 2 N–H and O–H groups in total. The van der Waals surface area contributed by atoms with Gasteiger partial charge in [-0.2, -0.15) is 0 Å². The molecule has 0 saturated heterocycles. The zero-order chi connectivity index (χ0) is 11.8. The first-order chi connectivity index (χ1) is 7.77. The SMILES string of the molecule is CCCN(CCC)CC(N)C1CCCCC1. The summed E-state index contributed by atoms with van der Waals surface area (Å²) in [6, 6.07) is 0.415. The van der Waals surface area contributed by atoms with Crippen molar-refractivity contribution in [3.63, 3.8) is 0 Å². The predicted octanol–water partition coefficient (Wildman–Crippen LogP) is 3.02. The Kier molecular flexibility index (Phi) is 7.06. The van der Waals surface area contributed by atoms with Gasteiger partial charge in [0.25, 0.3) is 0 Å². The second-order valence-corrected chi connectivity index (χ2v) is 5.36. The van der Waals surface area contributed by atoms with E-state index in [1.165, 1.54) is 58.0 Å². The molecule has 1 saturated carbocycles. The number of rotatable bonds is 7. The summed E-state index contributed by atoms with van der Waals surface area (Å²) in [5.41, 5.74) is 6.37. The van der Waals surface area contributed by atoms with Crippen LogP contribution in [0, 0.1) is 5.92 Å². The van der Waals surface area contributed by atoms with E-state index in [1.54, 1.807) is 0 Å². The number of hydrogen-bond acceptors (Lipinski definition) is 2. The van der Waals surface area contributed by atoms with E-state index < -0.39 is 0 Å². The van der Waals surface area contributed by atoms with Gasteiger partial charge in [-0.3, -0.25) is 0 Å². The van der Waals surface area contributed by atoms with E-state index in [2.05, 4.69) is 18.7 Å². The molecule has 2 heteroatoms. The van der Waals surface area contributed by atoms with Gasteiger partial charge in [0.05, 0.1) is 0 Å². The van der Waals surface area contributed by atoms with E-state index >= 15 is 0 Å². The second-order valence-electron chi connectivity index (χ2n) is 5.36. The molecule has 0 bridgehead atoms. The fourth-order valence-corrected chi connectivity index (χ4v) is 2.94. The van der Waals surface area contributed by atoms with Crippen LogP contribution in [0.15, 0.2) is 0 Å². The molecule has 0 aromatic rings. The fourth-order valence-electron chi connectivity index (χ4n) is 2.94. The Hall–Kier alpha value is -0.0800. The van der Waals surface area contributed by atoms with E-state index in [4.69, 9.17) is 5.73 Å². The molecule has 0 aromatic heterocycles. The molecule has 0 spiro atoms. The topological polar surface area (TPSA) is 29.3 Å². The van der Waals surface area contributed by atoms with E-state index in [9.17, 15) is 0 Å². The first-order valence-corrected chi connectivity index (χ1v) is 7.25. The highest BCUT2D eigenvalue weighted by atomic mass is 15.1. The van der Waals surface area contributed by atoms with Crippen molar-refractivity contribution in [2.75, 3.05) is 19.6 Å². The summed E-state index contributed by atoms with van der Waals surface area (Å²) in [7, 11) is 0. The van der Waals surface area contributed by atoms with E-state index in [-0.39, 0.29) is 0 Å². The van der Waals surface area contributed by atoms with Crippen LogP contribution in [0.5, 0.6) is 0 Å². The summed E-state index contributed by atoms with van der Waals surface area (Å²) < 4.78 is 0. The van der Waals surface area contributed by atoms with Crippen molar-refractivity contribution in [1.29, 1.82) is 0 Å². The van der Waals surface area contributed by atoms with Gasteiger partial charge in [0.15, 0.2) is 0 Å². The molecule has 0 heterocycles. The average Bonchev–Trinajstić information content (AvgIpc) is 2.31. The third kappa shape index (κ3) is 4.84. The molecular formula is C14H30N2. The Balaban J connectivity index is 2.30. The highest BCUT2D eigenvalue weighted by Gasteiger charge is 2.21. The predicted molar refractivity (Wildman–Crippen MR) is 71.6 cm³/mol. The normalized spacial score (nSPS) is 20.2. The summed E-state index contributed by atoms with van der Waals surface area (Å²) in [6.45, 7) is 8.07. The van der Waals surface area contributed by atoms with Crippen molar-refractivity contribution in [1.82, 2.24) is 4.90 Å². The van der Waals surface area contributed by atoms with Crippen molar-refractivity contribution >= 4 is 0 Å². The molecule has 0 radical (unpaired) electrons. The molecule has 1 fully saturated rings. The van der Waals surface area contributed by atoms with Crippen LogP contribution in [0.2, 0.25) is 0 Å². The summed E-state index contributed by atoms with van der Waals surface area (Å²) in [5, 5.41) is 0. The number of hydrogen-bond donors (Lipinski definition) is 1. The number of nitrogens with zero attached hydrogens (tertiary/aromatic N) is 1. The monoisotopic (exact) mass is 226 g/mol. The summed E-state index contributed by atoms with van der Waals surface area (Å²) in [5.74, 6) is 0.796. The van der Waals surface area contributed by atoms with E-state index in [0.29, 0.717) is 6.04 Å². The molecule has 0 amide bonds. The zero-order valence-electron chi connectivity index (χ0n) is 11.3. The minimum absolute atomic E-state index is 0.415. The van der Waals surface area contributed by atoms with Crippen LogP contribution in [0.1, 0.15) is 58.8 Å². The zero-order valence-corrected chi connectivity index (χ0v) is 11.3. The quantitative estimate of drug-likeness (QED) is 0.723. The lowest BCUT2D eigenvalue weighted by atomic mass is 9.84. The lowest BCUT2D eigenvalue weighted by Crippen LogP contribution is -2.43. The molecule has 1 aliphatic carbocycles. The minimum atomic E-state index is 0.415. The molecule has 0 aliphatic heterocycles. The first-order valence-electron chi connectivity index (χ1n) is 7.25. The lowest BCUT2D eigenvalue weighted by molar-refractivity contribution is 0.206. The summed E-state index contributed by atoms with van der Waals surface area (Å²) in [4.78, 5) is 2.55. The van der Waals surface area contributed by atoms with Crippen molar-refractivity contribution < 1.29 is 0 Å². The standard InChI is InChI=1S/C14H30N2/c1-3-10-16(11-4-2)12-14(15)13-8-6-5-7-9-13/h13-14H,3-12,15H2,1-2H3. The minimum Gasteiger partial charge on any atom is -0.326 e. The van der Waals surface area contributed by atoms with E-state index in [0.717, 1.165) is 12.5 Å². The third-order valence-electron chi connectivity index (χ3n) is 3.80. The van der Waals surface area contributed by atoms with Crippen LogP contribution < -0.4 is 5.73 Å². The van der Waals surface area contributed by atoms with Gasteiger partial charge in [0, 0.05) is 12.6 Å².